The number of anilines is 1. The lowest BCUT2D eigenvalue weighted by molar-refractivity contribution is -0.388. The summed E-state index contributed by atoms with van der Waals surface area (Å²) < 4.78 is 39.0. The fraction of sp³-hybridized carbons (Fsp3) is 0.600. The van der Waals surface area contributed by atoms with Crippen LogP contribution in [0.3, 0.4) is 0 Å². The van der Waals surface area contributed by atoms with E-state index >= 15 is 0 Å². The van der Waals surface area contributed by atoms with Gasteiger partial charge in [0.2, 0.25) is 0 Å². The lowest BCUT2D eigenvalue weighted by Gasteiger charge is -2.30. The Kier molecular flexibility index (Phi) is 6.00. The van der Waals surface area contributed by atoms with Crippen LogP contribution in [0.5, 0.6) is 0 Å². The van der Waals surface area contributed by atoms with Crippen LogP contribution in [-0.4, -0.2) is 47.2 Å². The highest BCUT2D eigenvalue weighted by atomic mass is 19.4. The lowest BCUT2D eigenvalue weighted by atomic mass is 10.1. The maximum atomic E-state index is 13.0. The first-order valence-electron chi connectivity index (χ1n) is 7.76. The smallest absolute Gasteiger partial charge is 0.394 e. The van der Waals surface area contributed by atoms with Crippen LogP contribution >= 0.6 is 0 Å². The summed E-state index contributed by atoms with van der Waals surface area (Å²) >= 11 is 0. The fourth-order valence-corrected chi connectivity index (χ4v) is 2.85. The normalized spacial score (nSPS) is 17.5. The third kappa shape index (κ3) is 4.81. The zero-order valence-corrected chi connectivity index (χ0v) is 13.1. The molecule has 0 aliphatic carbocycles. The number of nitrogens with zero attached hydrogens (tertiary/aromatic N) is 2. The average molecular weight is 347 g/mol. The Morgan fingerprint density at radius 2 is 1.96 bits per heavy atom. The van der Waals surface area contributed by atoms with Crippen LogP contribution in [0, 0.1) is 10.1 Å². The third-order valence-corrected chi connectivity index (χ3v) is 4.02. The summed E-state index contributed by atoms with van der Waals surface area (Å²) in [6.07, 6.45) is -1.53. The van der Waals surface area contributed by atoms with Gasteiger partial charge in [-0.15, -0.1) is 0 Å². The van der Waals surface area contributed by atoms with Gasteiger partial charge in [-0.05, 0) is 38.1 Å². The molecule has 1 saturated heterocycles. The molecule has 0 unspecified atom stereocenters. The molecule has 0 aromatic heterocycles. The van der Waals surface area contributed by atoms with Gasteiger partial charge in [-0.25, -0.2) is 0 Å². The molecule has 1 heterocycles. The highest BCUT2D eigenvalue weighted by Gasteiger charge is 2.38. The van der Waals surface area contributed by atoms with Gasteiger partial charge >= 0.3 is 6.18 Å². The van der Waals surface area contributed by atoms with Crippen molar-refractivity contribution < 1.29 is 23.2 Å². The van der Waals surface area contributed by atoms with Crippen LogP contribution in [0.1, 0.15) is 24.8 Å². The number of likely N-dealkylation sites (tertiary alicyclic amines) is 1. The maximum absolute atomic E-state index is 13.0. The molecule has 6 nitrogen and oxygen atoms in total. The second-order valence-corrected chi connectivity index (χ2v) is 5.87. The van der Waals surface area contributed by atoms with E-state index in [0.717, 1.165) is 44.5 Å². The molecule has 0 spiro atoms. The Morgan fingerprint density at radius 1 is 1.29 bits per heavy atom. The van der Waals surface area contributed by atoms with E-state index in [1.165, 1.54) is 6.07 Å². The quantitative estimate of drug-likeness (QED) is 0.611. The van der Waals surface area contributed by atoms with E-state index in [9.17, 15) is 28.4 Å². The molecule has 0 radical (unpaired) electrons. The van der Waals surface area contributed by atoms with Crippen LogP contribution in [0.2, 0.25) is 0 Å². The molecule has 24 heavy (non-hydrogen) atoms. The van der Waals surface area contributed by atoms with E-state index in [1.807, 2.05) is 0 Å². The Balaban J connectivity index is 2.13. The molecule has 2 rings (SSSR count). The van der Waals surface area contributed by atoms with Crippen molar-refractivity contribution in [2.24, 2.45) is 0 Å². The molecule has 9 heteroatoms. The van der Waals surface area contributed by atoms with E-state index in [4.69, 9.17) is 0 Å². The maximum Gasteiger partial charge on any atom is 0.423 e. The summed E-state index contributed by atoms with van der Waals surface area (Å²) in [6.45, 7) is 2.06. The summed E-state index contributed by atoms with van der Waals surface area (Å²) in [4.78, 5) is 11.9. The largest absolute Gasteiger partial charge is 0.423 e. The standard InChI is InChI=1S/C15H20F3N3O3/c16-15(17,18)13-8-11(4-5-14(13)21(23)24)19-12(10-22)9-20-6-2-1-3-7-20/h4-5,8,12,19,22H,1-3,6-7,9-10H2/t12-/m1/s1. The number of hydrogen-bond donors (Lipinski definition) is 2. The van der Waals surface area contributed by atoms with Gasteiger partial charge in [-0.3, -0.25) is 10.1 Å². The van der Waals surface area contributed by atoms with Gasteiger partial charge in [0.25, 0.3) is 5.69 Å². The molecule has 1 atom stereocenters. The van der Waals surface area contributed by atoms with Gasteiger partial charge in [0.05, 0.1) is 17.6 Å². The summed E-state index contributed by atoms with van der Waals surface area (Å²) in [5, 5.41) is 23.1. The number of aliphatic hydroxyl groups is 1. The first-order chi connectivity index (χ1) is 11.3. The molecule has 1 aromatic carbocycles. The first kappa shape index (κ1) is 18.5. The first-order valence-corrected chi connectivity index (χ1v) is 7.76. The molecule has 0 bridgehead atoms. The van der Waals surface area contributed by atoms with Crippen molar-refractivity contribution >= 4 is 11.4 Å². The molecule has 2 N–H and O–H groups in total. The van der Waals surface area contributed by atoms with Gasteiger partial charge in [-0.2, -0.15) is 13.2 Å². The van der Waals surface area contributed by atoms with E-state index in [2.05, 4.69) is 10.2 Å². The second kappa shape index (κ2) is 7.80. The van der Waals surface area contributed by atoms with E-state index in [1.54, 1.807) is 0 Å². The Bertz CT molecular complexity index is 575. The zero-order chi connectivity index (χ0) is 17.7. The Hall–Kier alpha value is -1.87. The van der Waals surface area contributed by atoms with Crippen molar-refractivity contribution in [3.8, 4) is 0 Å². The minimum absolute atomic E-state index is 0.101. The number of nitro groups is 1. The topological polar surface area (TPSA) is 78.6 Å². The minimum atomic E-state index is -4.82. The molecular weight excluding hydrogens is 327 g/mol. The monoisotopic (exact) mass is 347 g/mol. The van der Waals surface area contributed by atoms with Crippen molar-refractivity contribution in [2.45, 2.75) is 31.5 Å². The summed E-state index contributed by atoms with van der Waals surface area (Å²) in [5.41, 5.74) is -2.18. The molecule has 134 valence electrons. The number of nitro benzene ring substituents is 1. The van der Waals surface area contributed by atoms with Gasteiger partial charge < -0.3 is 15.3 Å². The molecule has 1 fully saturated rings. The van der Waals surface area contributed by atoms with Crippen LogP contribution in [0.25, 0.3) is 0 Å². The number of nitrogens with one attached hydrogen (secondary N) is 1. The van der Waals surface area contributed by atoms with Gasteiger partial charge in [0.1, 0.15) is 5.56 Å². The number of benzene rings is 1. The van der Waals surface area contributed by atoms with Crippen LogP contribution < -0.4 is 5.32 Å². The number of hydrogen-bond acceptors (Lipinski definition) is 5. The predicted octanol–water partition coefficient (Wildman–Crippen LogP) is 2.87. The summed E-state index contributed by atoms with van der Waals surface area (Å²) in [6, 6.07) is 2.34. The fourth-order valence-electron chi connectivity index (χ4n) is 2.85. The molecule has 1 aliphatic rings. The molecule has 0 saturated carbocycles. The van der Waals surface area contributed by atoms with Gasteiger partial charge in [0.15, 0.2) is 0 Å². The minimum Gasteiger partial charge on any atom is -0.394 e. The average Bonchev–Trinajstić information content (AvgIpc) is 2.54. The van der Waals surface area contributed by atoms with E-state index in [-0.39, 0.29) is 12.3 Å². The SMILES string of the molecule is O=[N+]([O-])c1ccc(N[C@@H](CO)CN2CCCCC2)cc1C(F)(F)F. The molecule has 1 aliphatic heterocycles. The Labute approximate surface area is 137 Å². The zero-order valence-electron chi connectivity index (χ0n) is 13.1. The predicted molar refractivity (Wildman–Crippen MR) is 82.9 cm³/mol. The van der Waals surface area contributed by atoms with Crippen LogP contribution in [0.15, 0.2) is 18.2 Å². The Morgan fingerprint density at radius 3 is 2.50 bits per heavy atom. The van der Waals surface area contributed by atoms with Crippen molar-refractivity contribution in [1.82, 2.24) is 4.90 Å². The summed E-state index contributed by atoms with van der Waals surface area (Å²) in [5.74, 6) is 0. The highest BCUT2D eigenvalue weighted by Crippen LogP contribution is 2.37. The van der Waals surface area contributed by atoms with Crippen molar-refractivity contribution in [3.05, 3.63) is 33.9 Å². The number of halogens is 3. The summed E-state index contributed by atoms with van der Waals surface area (Å²) in [7, 11) is 0. The van der Waals surface area contributed by atoms with Crippen LogP contribution in [-0.2, 0) is 6.18 Å². The second-order valence-electron chi connectivity index (χ2n) is 5.87. The van der Waals surface area contributed by atoms with E-state index in [0.29, 0.717) is 6.54 Å². The molecule has 0 amide bonds. The molecule has 1 aromatic rings. The number of alkyl halides is 3. The van der Waals surface area contributed by atoms with Crippen molar-refractivity contribution in [2.75, 3.05) is 31.6 Å². The van der Waals surface area contributed by atoms with Crippen molar-refractivity contribution in [1.29, 1.82) is 0 Å². The highest BCUT2D eigenvalue weighted by molar-refractivity contribution is 5.55. The number of rotatable bonds is 6. The van der Waals surface area contributed by atoms with Crippen LogP contribution in [0.4, 0.5) is 24.5 Å². The van der Waals surface area contributed by atoms with Crippen molar-refractivity contribution in [3.63, 3.8) is 0 Å². The lowest BCUT2D eigenvalue weighted by Crippen LogP contribution is -2.41. The third-order valence-electron chi connectivity index (χ3n) is 4.02. The van der Waals surface area contributed by atoms with E-state index < -0.39 is 28.4 Å². The van der Waals surface area contributed by atoms with Gasteiger partial charge in [-0.1, -0.05) is 6.42 Å². The number of aliphatic hydroxyl groups excluding tert-OH is 1. The molecular formula is C15H20F3N3O3. The number of piperidine rings is 1. The van der Waals surface area contributed by atoms with Gasteiger partial charge in [0, 0.05) is 18.3 Å².